The molecule has 0 radical (unpaired) electrons. The molecule has 2 aromatic rings. The van der Waals surface area contributed by atoms with E-state index >= 15 is 0 Å². The first kappa shape index (κ1) is 12.1. The molecule has 0 bridgehead atoms. The minimum atomic E-state index is -0.213. The van der Waals surface area contributed by atoms with E-state index in [1.165, 1.54) is 0 Å². The number of anilines is 2. The van der Waals surface area contributed by atoms with Gasteiger partial charge < -0.3 is 10.3 Å². The number of hydrogen-bond acceptors (Lipinski definition) is 4. The Morgan fingerprint density at radius 3 is 2.94 bits per heavy atom. The number of pyridine rings is 1. The summed E-state index contributed by atoms with van der Waals surface area (Å²) in [4.78, 5) is 23.0. The first-order chi connectivity index (χ1) is 8.69. The second kappa shape index (κ2) is 5.31. The molecule has 6 heteroatoms. The number of amides is 1. The minimum Gasteiger partial charge on any atom is -0.370 e. The van der Waals surface area contributed by atoms with Gasteiger partial charge in [0, 0.05) is 30.2 Å². The first-order valence-corrected chi connectivity index (χ1v) is 5.72. The zero-order valence-electron chi connectivity index (χ0n) is 10.3. The number of hydrogen-bond donors (Lipinski definition) is 3. The molecule has 0 aromatic carbocycles. The predicted molar refractivity (Wildman–Crippen MR) is 69.7 cm³/mol. The summed E-state index contributed by atoms with van der Waals surface area (Å²) in [7, 11) is 0. The normalized spacial score (nSPS) is 10.1. The van der Waals surface area contributed by atoms with Gasteiger partial charge in [0.1, 0.15) is 5.82 Å². The highest BCUT2D eigenvalue weighted by molar-refractivity contribution is 6.03. The van der Waals surface area contributed by atoms with Crippen molar-refractivity contribution in [3.05, 3.63) is 35.8 Å². The molecule has 2 aromatic heterocycles. The molecule has 0 saturated heterocycles. The van der Waals surface area contributed by atoms with Crippen LogP contribution in [0.1, 0.15) is 23.0 Å². The van der Waals surface area contributed by atoms with Gasteiger partial charge in [-0.2, -0.15) is 0 Å². The van der Waals surface area contributed by atoms with Crippen LogP contribution >= 0.6 is 0 Å². The number of aromatic nitrogens is 3. The van der Waals surface area contributed by atoms with Crippen molar-refractivity contribution in [3.8, 4) is 0 Å². The molecule has 0 saturated carbocycles. The average Bonchev–Trinajstić information content (AvgIpc) is 2.81. The van der Waals surface area contributed by atoms with E-state index in [1.807, 2.05) is 13.8 Å². The first-order valence-electron chi connectivity index (χ1n) is 5.72. The lowest BCUT2D eigenvalue weighted by atomic mass is 10.2. The van der Waals surface area contributed by atoms with E-state index in [4.69, 9.17) is 0 Å². The standard InChI is InChI=1S/C12H15N5O/c1-3-13-10-7-9(6-8(2)16-10)11(18)17-12-14-4-5-15-12/h4-7H,3H2,1-2H3,(H,13,16)(H2,14,15,17,18). The van der Waals surface area contributed by atoms with Gasteiger partial charge in [-0.1, -0.05) is 0 Å². The number of nitrogens with one attached hydrogen (secondary N) is 3. The van der Waals surface area contributed by atoms with Gasteiger partial charge in [-0.3, -0.25) is 10.1 Å². The fraction of sp³-hybridized carbons (Fsp3) is 0.250. The van der Waals surface area contributed by atoms with Crippen LogP contribution in [0, 0.1) is 6.92 Å². The number of imidazole rings is 1. The van der Waals surface area contributed by atoms with Gasteiger partial charge >= 0.3 is 0 Å². The van der Waals surface area contributed by atoms with Crippen LogP contribution in [0.5, 0.6) is 0 Å². The molecular weight excluding hydrogens is 230 g/mol. The smallest absolute Gasteiger partial charge is 0.258 e. The summed E-state index contributed by atoms with van der Waals surface area (Å²) in [6, 6.07) is 3.45. The zero-order chi connectivity index (χ0) is 13.0. The number of carbonyl (C=O) groups is 1. The van der Waals surface area contributed by atoms with Gasteiger partial charge in [-0.05, 0) is 26.0 Å². The van der Waals surface area contributed by atoms with E-state index in [0.29, 0.717) is 17.3 Å². The number of carbonyl (C=O) groups excluding carboxylic acids is 1. The van der Waals surface area contributed by atoms with Gasteiger partial charge in [0.15, 0.2) is 0 Å². The highest BCUT2D eigenvalue weighted by atomic mass is 16.1. The van der Waals surface area contributed by atoms with Crippen molar-refractivity contribution in [3.63, 3.8) is 0 Å². The van der Waals surface area contributed by atoms with E-state index in [-0.39, 0.29) is 5.91 Å². The molecule has 3 N–H and O–H groups in total. The van der Waals surface area contributed by atoms with E-state index in [2.05, 4.69) is 25.6 Å². The SMILES string of the molecule is CCNc1cc(C(=O)Nc2ncc[nH]2)cc(C)n1. The summed E-state index contributed by atoms with van der Waals surface area (Å²) in [5.74, 6) is 0.913. The van der Waals surface area contributed by atoms with E-state index in [0.717, 1.165) is 12.2 Å². The monoisotopic (exact) mass is 245 g/mol. The van der Waals surface area contributed by atoms with Crippen molar-refractivity contribution in [1.82, 2.24) is 15.0 Å². The minimum absolute atomic E-state index is 0.213. The summed E-state index contributed by atoms with van der Waals surface area (Å²) in [5.41, 5.74) is 1.34. The van der Waals surface area contributed by atoms with Gasteiger partial charge in [0.05, 0.1) is 0 Å². The number of nitrogens with zero attached hydrogens (tertiary/aromatic N) is 2. The second-order valence-corrected chi connectivity index (χ2v) is 3.80. The van der Waals surface area contributed by atoms with Gasteiger partial charge in [-0.25, -0.2) is 9.97 Å². The molecule has 94 valence electrons. The molecule has 0 atom stereocenters. The maximum Gasteiger partial charge on any atom is 0.258 e. The lowest BCUT2D eigenvalue weighted by Gasteiger charge is -2.07. The Kier molecular flexibility index (Phi) is 3.57. The predicted octanol–water partition coefficient (Wildman–Crippen LogP) is 1.80. The molecule has 0 unspecified atom stereocenters. The Hall–Kier alpha value is -2.37. The highest BCUT2D eigenvalue weighted by Crippen LogP contribution is 2.11. The molecule has 0 fully saturated rings. The van der Waals surface area contributed by atoms with Crippen molar-refractivity contribution in [2.24, 2.45) is 0 Å². The third-order valence-electron chi connectivity index (χ3n) is 2.30. The molecule has 2 heterocycles. The summed E-state index contributed by atoms with van der Waals surface area (Å²) in [5, 5.41) is 5.76. The Balaban J connectivity index is 2.19. The average molecular weight is 245 g/mol. The van der Waals surface area contributed by atoms with Gasteiger partial charge in [0.25, 0.3) is 5.91 Å². The third kappa shape index (κ3) is 2.85. The maximum absolute atomic E-state index is 12.0. The highest BCUT2D eigenvalue weighted by Gasteiger charge is 2.09. The quantitative estimate of drug-likeness (QED) is 0.767. The van der Waals surface area contributed by atoms with Crippen molar-refractivity contribution in [1.29, 1.82) is 0 Å². The van der Waals surface area contributed by atoms with Crippen LogP contribution in [0.25, 0.3) is 0 Å². The van der Waals surface area contributed by atoms with Crippen molar-refractivity contribution in [2.45, 2.75) is 13.8 Å². The molecule has 2 rings (SSSR count). The summed E-state index contributed by atoms with van der Waals surface area (Å²) >= 11 is 0. The van der Waals surface area contributed by atoms with Crippen molar-refractivity contribution >= 4 is 17.7 Å². The van der Waals surface area contributed by atoms with Crippen molar-refractivity contribution in [2.75, 3.05) is 17.2 Å². The number of aryl methyl sites for hydroxylation is 1. The topological polar surface area (TPSA) is 82.7 Å². The molecule has 0 aliphatic heterocycles. The Morgan fingerprint density at radius 2 is 2.28 bits per heavy atom. The fourth-order valence-corrected chi connectivity index (χ4v) is 1.58. The summed E-state index contributed by atoms with van der Waals surface area (Å²) < 4.78 is 0. The summed E-state index contributed by atoms with van der Waals surface area (Å²) in [6.45, 7) is 4.59. The lowest BCUT2D eigenvalue weighted by molar-refractivity contribution is 0.102. The van der Waals surface area contributed by atoms with Crippen LogP contribution in [0.15, 0.2) is 24.5 Å². The van der Waals surface area contributed by atoms with Crippen LogP contribution in [0.2, 0.25) is 0 Å². The van der Waals surface area contributed by atoms with Gasteiger partial charge in [0.2, 0.25) is 5.95 Å². The molecule has 6 nitrogen and oxygen atoms in total. The van der Waals surface area contributed by atoms with Crippen LogP contribution < -0.4 is 10.6 Å². The van der Waals surface area contributed by atoms with E-state index in [1.54, 1.807) is 24.5 Å². The van der Waals surface area contributed by atoms with Crippen LogP contribution in [-0.2, 0) is 0 Å². The molecule has 0 aliphatic rings. The number of aromatic amines is 1. The largest absolute Gasteiger partial charge is 0.370 e. The Labute approximate surface area is 105 Å². The molecule has 18 heavy (non-hydrogen) atoms. The molecule has 1 amide bonds. The van der Waals surface area contributed by atoms with E-state index < -0.39 is 0 Å². The van der Waals surface area contributed by atoms with E-state index in [9.17, 15) is 4.79 Å². The van der Waals surface area contributed by atoms with Crippen LogP contribution in [0.3, 0.4) is 0 Å². The number of H-pyrrole nitrogens is 1. The molecule has 0 spiro atoms. The van der Waals surface area contributed by atoms with Gasteiger partial charge in [-0.15, -0.1) is 0 Å². The summed E-state index contributed by atoms with van der Waals surface area (Å²) in [6.07, 6.45) is 3.23. The lowest BCUT2D eigenvalue weighted by Crippen LogP contribution is -2.14. The fourth-order valence-electron chi connectivity index (χ4n) is 1.58. The van der Waals surface area contributed by atoms with Crippen molar-refractivity contribution < 1.29 is 4.79 Å². The Bertz CT molecular complexity index is 535. The zero-order valence-corrected chi connectivity index (χ0v) is 10.3. The third-order valence-corrected chi connectivity index (χ3v) is 2.30. The Morgan fingerprint density at radius 1 is 1.44 bits per heavy atom. The maximum atomic E-state index is 12.0. The van der Waals surface area contributed by atoms with Crippen LogP contribution in [0.4, 0.5) is 11.8 Å². The number of rotatable bonds is 4. The molecule has 0 aliphatic carbocycles. The second-order valence-electron chi connectivity index (χ2n) is 3.80. The molecular formula is C12H15N5O. The van der Waals surface area contributed by atoms with Crippen LogP contribution in [-0.4, -0.2) is 27.4 Å².